The van der Waals surface area contributed by atoms with Crippen LogP contribution < -0.4 is 5.32 Å². The highest BCUT2D eigenvalue weighted by atomic mass is 32.2. The second-order valence-corrected chi connectivity index (χ2v) is 9.03. The first kappa shape index (κ1) is 18.9. The van der Waals surface area contributed by atoms with Gasteiger partial charge in [-0.15, -0.1) is 10.2 Å². The van der Waals surface area contributed by atoms with Crippen molar-refractivity contribution >= 4 is 35.1 Å². The summed E-state index contributed by atoms with van der Waals surface area (Å²) in [6, 6.07) is 8.91. The van der Waals surface area contributed by atoms with Gasteiger partial charge in [-0.25, -0.2) is 9.59 Å². The summed E-state index contributed by atoms with van der Waals surface area (Å²) < 4.78 is 5.91. The van der Waals surface area contributed by atoms with Gasteiger partial charge in [0.25, 0.3) is 0 Å². The van der Waals surface area contributed by atoms with Gasteiger partial charge in [-0.05, 0) is 25.3 Å². The summed E-state index contributed by atoms with van der Waals surface area (Å²) >= 11 is 2.98. The third-order valence-corrected chi connectivity index (χ3v) is 6.65. The fourth-order valence-corrected chi connectivity index (χ4v) is 5.10. The molecule has 0 unspecified atom stereocenters. The second kappa shape index (κ2) is 7.92. The molecule has 9 heteroatoms. The lowest BCUT2D eigenvalue weighted by atomic mass is 9.95. The number of benzene rings is 1. The fourth-order valence-electron chi connectivity index (χ4n) is 3.26. The Kier molecular flexibility index (Phi) is 5.36. The molecule has 1 saturated carbocycles. The van der Waals surface area contributed by atoms with Gasteiger partial charge in [0.2, 0.25) is 0 Å². The Balaban J connectivity index is 1.76. The quantitative estimate of drug-likeness (QED) is 0.575. The number of esters is 1. The van der Waals surface area contributed by atoms with E-state index in [0.29, 0.717) is 17.0 Å². The number of hydrogen-bond donors (Lipinski definition) is 1. The molecular formula is C19H20N4O3S2. The largest absolute Gasteiger partial charge is 0.466 e. The maximum atomic E-state index is 12.9. The molecule has 2 aromatic rings. The maximum Gasteiger partial charge on any atom is 0.338 e. The van der Waals surface area contributed by atoms with E-state index in [9.17, 15) is 9.59 Å². The monoisotopic (exact) mass is 416 g/mol. The molecule has 0 saturated heterocycles. The highest BCUT2D eigenvalue weighted by Crippen LogP contribution is 2.40. The molecule has 4 rings (SSSR count). The molecule has 0 bridgehead atoms. The van der Waals surface area contributed by atoms with Gasteiger partial charge in [0.15, 0.2) is 4.34 Å². The molecule has 28 heavy (non-hydrogen) atoms. The van der Waals surface area contributed by atoms with Gasteiger partial charge in [0.1, 0.15) is 5.01 Å². The Hall–Kier alpha value is -2.39. The number of methoxy groups -OCH3 is 1. The average molecular weight is 417 g/mol. The first-order chi connectivity index (χ1) is 13.6. The molecule has 1 fully saturated rings. The molecule has 0 radical (unpaired) electrons. The van der Waals surface area contributed by atoms with Crippen molar-refractivity contribution in [2.24, 2.45) is 0 Å². The zero-order valence-corrected chi connectivity index (χ0v) is 17.2. The van der Waals surface area contributed by atoms with Gasteiger partial charge in [-0.1, -0.05) is 53.4 Å². The first-order valence-corrected chi connectivity index (χ1v) is 10.8. The van der Waals surface area contributed by atoms with Gasteiger partial charge >= 0.3 is 12.0 Å². The molecule has 7 nitrogen and oxygen atoms in total. The van der Waals surface area contributed by atoms with Crippen LogP contribution in [-0.4, -0.2) is 46.0 Å². The molecule has 2 amide bonds. The minimum absolute atomic E-state index is 0.128. The second-order valence-electron chi connectivity index (χ2n) is 6.62. The molecule has 1 N–H and O–H groups in total. The summed E-state index contributed by atoms with van der Waals surface area (Å²) in [5, 5.41) is 12.1. The SMILES string of the molecule is COC(=O)C1=C(CSc2nnc(C)s2)N(C2CC2)C(=O)N[C@@H]1c1ccccc1. The number of hydrogen-bond acceptors (Lipinski definition) is 7. The van der Waals surface area contributed by atoms with E-state index in [2.05, 4.69) is 15.5 Å². The van der Waals surface area contributed by atoms with Crippen LogP contribution in [0.4, 0.5) is 4.79 Å². The Labute approximate surface area is 171 Å². The minimum atomic E-state index is -0.539. The lowest BCUT2D eigenvalue weighted by molar-refractivity contribution is -0.136. The standard InChI is InChI=1S/C19H20N4O3S2/c1-11-21-22-19(28-11)27-10-14-15(17(24)26-2)16(12-6-4-3-5-7-12)20-18(25)23(14)13-8-9-13/h3-7,13,16H,8-10H2,1-2H3,(H,20,25)/t16-/m1/s1. The number of amides is 2. The van der Waals surface area contributed by atoms with Crippen LogP contribution in [0.2, 0.25) is 0 Å². The zero-order chi connectivity index (χ0) is 19.7. The van der Waals surface area contributed by atoms with Crippen LogP contribution in [0, 0.1) is 6.92 Å². The van der Waals surface area contributed by atoms with Crippen molar-refractivity contribution in [3.63, 3.8) is 0 Å². The number of ether oxygens (including phenoxy) is 1. The topological polar surface area (TPSA) is 84.4 Å². The summed E-state index contributed by atoms with van der Waals surface area (Å²) in [7, 11) is 1.37. The molecule has 146 valence electrons. The molecule has 2 aliphatic rings. The van der Waals surface area contributed by atoms with Crippen LogP contribution in [0.25, 0.3) is 0 Å². The number of rotatable bonds is 6. The molecule has 1 aliphatic carbocycles. The van der Waals surface area contributed by atoms with E-state index in [1.807, 2.05) is 37.3 Å². The van der Waals surface area contributed by atoms with Crippen LogP contribution in [0.5, 0.6) is 0 Å². The summed E-state index contributed by atoms with van der Waals surface area (Å²) in [6.07, 6.45) is 1.87. The molecule has 1 aromatic carbocycles. The van der Waals surface area contributed by atoms with Gasteiger partial charge in [0, 0.05) is 17.5 Å². The molecular weight excluding hydrogens is 396 g/mol. The number of carbonyl (C=O) groups is 2. The van der Waals surface area contributed by atoms with Crippen LogP contribution in [-0.2, 0) is 9.53 Å². The van der Waals surface area contributed by atoms with Gasteiger partial charge < -0.3 is 10.1 Å². The number of carbonyl (C=O) groups excluding carboxylic acids is 2. The van der Waals surface area contributed by atoms with Crippen molar-refractivity contribution in [2.75, 3.05) is 12.9 Å². The normalized spacial score (nSPS) is 19.6. The van der Waals surface area contributed by atoms with Crippen LogP contribution >= 0.6 is 23.1 Å². The van der Waals surface area contributed by atoms with Crippen molar-refractivity contribution in [1.82, 2.24) is 20.4 Å². The Morgan fingerprint density at radius 1 is 1.32 bits per heavy atom. The number of thioether (sulfide) groups is 1. The Bertz CT molecular complexity index is 924. The Morgan fingerprint density at radius 3 is 2.68 bits per heavy atom. The van der Waals surface area contributed by atoms with E-state index in [4.69, 9.17) is 4.74 Å². The van der Waals surface area contributed by atoms with Crippen LogP contribution in [0.3, 0.4) is 0 Å². The smallest absolute Gasteiger partial charge is 0.338 e. The van der Waals surface area contributed by atoms with E-state index < -0.39 is 12.0 Å². The fraction of sp³-hybridized carbons (Fsp3) is 0.368. The summed E-state index contributed by atoms with van der Waals surface area (Å²) in [5.41, 5.74) is 2.03. The number of aromatic nitrogens is 2. The van der Waals surface area contributed by atoms with Gasteiger partial charge in [-0.3, -0.25) is 4.90 Å². The van der Waals surface area contributed by atoms with E-state index in [-0.39, 0.29) is 12.1 Å². The van der Waals surface area contributed by atoms with Crippen LogP contribution in [0.1, 0.15) is 29.5 Å². The molecule has 0 spiro atoms. The highest BCUT2D eigenvalue weighted by Gasteiger charge is 2.43. The van der Waals surface area contributed by atoms with E-state index in [1.54, 1.807) is 4.90 Å². The number of aryl methyl sites for hydroxylation is 1. The number of nitrogens with zero attached hydrogens (tertiary/aromatic N) is 3. The minimum Gasteiger partial charge on any atom is -0.466 e. The Morgan fingerprint density at radius 2 is 2.07 bits per heavy atom. The van der Waals surface area contributed by atoms with Gasteiger partial charge in [0.05, 0.1) is 18.7 Å². The van der Waals surface area contributed by atoms with Crippen molar-refractivity contribution in [1.29, 1.82) is 0 Å². The third-order valence-electron chi connectivity index (χ3n) is 4.67. The zero-order valence-electron chi connectivity index (χ0n) is 15.5. The molecule has 2 heterocycles. The molecule has 1 atom stereocenters. The summed E-state index contributed by atoms with van der Waals surface area (Å²) in [4.78, 5) is 27.4. The van der Waals surface area contributed by atoms with Crippen molar-refractivity contribution in [2.45, 2.75) is 36.2 Å². The van der Waals surface area contributed by atoms with Crippen LogP contribution in [0.15, 0.2) is 45.9 Å². The van der Waals surface area contributed by atoms with Crippen molar-refractivity contribution < 1.29 is 14.3 Å². The molecule has 1 aliphatic heterocycles. The highest BCUT2D eigenvalue weighted by molar-refractivity contribution is 8.01. The summed E-state index contributed by atoms with van der Waals surface area (Å²) in [5.74, 6) is 0.0234. The van der Waals surface area contributed by atoms with Crippen molar-refractivity contribution in [3.05, 3.63) is 52.2 Å². The lowest BCUT2D eigenvalue weighted by Gasteiger charge is -2.36. The first-order valence-electron chi connectivity index (χ1n) is 8.97. The summed E-state index contributed by atoms with van der Waals surface area (Å²) in [6.45, 7) is 1.90. The maximum absolute atomic E-state index is 12.9. The average Bonchev–Trinajstić information content (AvgIpc) is 3.46. The van der Waals surface area contributed by atoms with Crippen molar-refractivity contribution in [3.8, 4) is 0 Å². The van der Waals surface area contributed by atoms with E-state index >= 15 is 0 Å². The van der Waals surface area contributed by atoms with E-state index in [1.165, 1.54) is 30.2 Å². The van der Waals surface area contributed by atoms with E-state index in [0.717, 1.165) is 27.8 Å². The molecule has 1 aromatic heterocycles. The third kappa shape index (κ3) is 3.77. The lowest BCUT2D eigenvalue weighted by Crippen LogP contribution is -2.50. The predicted molar refractivity (Wildman–Crippen MR) is 107 cm³/mol. The number of urea groups is 1. The predicted octanol–water partition coefficient (Wildman–Crippen LogP) is 3.29. The van der Waals surface area contributed by atoms with Gasteiger partial charge in [-0.2, -0.15) is 0 Å². The number of nitrogens with one attached hydrogen (secondary N) is 1.